The van der Waals surface area contributed by atoms with Gasteiger partial charge in [0.1, 0.15) is 23.4 Å². The molecular formula is C24H24N2O4. The number of ether oxygens (including phenoxy) is 3. The molecule has 1 aliphatic rings. The minimum Gasteiger partial charge on any atom is -0.497 e. The van der Waals surface area contributed by atoms with Crippen LogP contribution < -0.4 is 19.5 Å². The molecule has 0 bridgehead atoms. The summed E-state index contributed by atoms with van der Waals surface area (Å²) in [6, 6.07) is 17.3. The topological polar surface area (TPSA) is 69.7 Å². The SMILES string of the molecule is COc1ccc(OCC(=O)NC[C@@H]2Cc3cc(-c4ccc(C)cn4)ccc3O2)cc1. The fourth-order valence-electron chi connectivity index (χ4n) is 3.33. The van der Waals surface area contributed by atoms with E-state index in [1.807, 2.05) is 31.3 Å². The molecule has 0 saturated heterocycles. The number of methoxy groups -OCH3 is 1. The zero-order valence-corrected chi connectivity index (χ0v) is 17.1. The van der Waals surface area contributed by atoms with Crippen molar-refractivity contribution in [3.05, 3.63) is 71.9 Å². The van der Waals surface area contributed by atoms with Gasteiger partial charge >= 0.3 is 0 Å². The summed E-state index contributed by atoms with van der Waals surface area (Å²) in [7, 11) is 1.60. The first-order valence-electron chi connectivity index (χ1n) is 9.87. The molecule has 2 aromatic carbocycles. The number of aromatic nitrogens is 1. The monoisotopic (exact) mass is 404 g/mol. The fraction of sp³-hybridized carbons (Fsp3) is 0.250. The number of rotatable bonds is 7. The Morgan fingerprint density at radius 1 is 1.13 bits per heavy atom. The quantitative estimate of drug-likeness (QED) is 0.652. The number of nitrogens with one attached hydrogen (secondary N) is 1. The van der Waals surface area contributed by atoms with Gasteiger partial charge in [0.2, 0.25) is 0 Å². The first kappa shape index (κ1) is 19.8. The van der Waals surface area contributed by atoms with Crippen LogP contribution in [-0.2, 0) is 11.2 Å². The molecule has 154 valence electrons. The number of nitrogens with zero attached hydrogens (tertiary/aromatic N) is 1. The molecule has 1 amide bonds. The van der Waals surface area contributed by atoms with E-state index < -0.39 is 0 Å². The highest BCUT2D eigenvalue weighted by Gasteiger charge is 2.24. The summed E-state index contributed by atoms with van der Waals surface area (Å²) in [4.78, 5) is 16.6. The van der Waals surface area contributed by atoms with Gasteiger partial charge < -0.3 is 19.5 Å². The van der Waals surface area contributed by atoms with Crippen LogP contribution in [0.1, 0.15) is 11.1 Å². The van der Waals surface area contributed by atoms with Gasteiger partial charge in [-0.1, -0.05) is 6.07 Å². The van der Waals surface area contributed by atoms with E-state index in [4.69, 9.17) is 14.2 Å². The van der Waals surface area contributed by atoms with Gasteiger partial charge in [-0.05, 0) is 66.6 Å². The van der Waals surface area contributed by atoms with Crippen molar-refractivity contribution in [3.8, 4) is 28.5 Å². The van der Waals surface area contributed by atoms with Crippen molar-refractivity contribution in [1.29, 1.82) is 0 Å². The lowest BCUT2D eigenvalue weighted by Crippen LogP contribution is -2.37. The highest BCUT2D eigenvalue weighted by Crippen LogP contribution is 2.32. The summed E-state index contributed by atoms with van der Waals surface area (Å²) < 4.78 is 16.6. The maximum atomic E-state index is 12.1. The van der Waals surface area contributed by atoms with Gasteiger partial charge in [-0.2, -0.15) is 0 Å². The zero-order chi connectivity index (χ0) is 20.9. The lowest BCUT2D eigenvalue weighted by Gasteiger charge is -2.12. The lowest BCUT2D eigenvalue weighted by molar-refractivity contribution is -0.123. The molecule has 0 unspecified atom stereocenters. The van der Waals surface area contributed by atoms with Gasteiger partial charge in [0.15, 0.2) is 6.61 Å². The summed E-state index contributed by atoms with van der Waals surface area (Å²) in [5.74, 6) is 2.04. The third kappa shape index (κ3) is 4.71. The number of hydrogen-bond donors (Lipinski definition) is 1. The van der Waals surface area contributed by atoms with Gasteiger partial charge in [0.25, 0.3) is 5.91 Å². The second-order valence-corrected chi connectivity index (χ2v) is 7.26. The molecule has 0 aliphatic carbocycles. The number of amides is 1. The number of pyridine rings is 1. The number of benzene rings is 2. The Kier molecular flexibility index (Phi) is 5.84. The van der Waals surface area contributed by atoms with Crippen LogP contribution >= 0.6 is 0 Å². The van der Waals surface area contributed by atoms with E-state index in [1.165, 1.54) is 0 Å². The second-order valence-electron chi connectivity index (χ2n) is 7.26. The third-order valence-corrected chi connectivity index (χ3v) is 4.97. The van der Waals surface area contributed by atoms with Crippen LogP contribution in [0.2, 0.25) is 0 Å². The lowest BCUT2D eigenvalue weighted by atomic mass is 10.0. The molecule has 2 heterocycles. The van der Waals surface area contributed by atoms with Crippen LogP contribution in [0, 0.1) is 6.92 Å². The molecule has 3 aromatic rings. The molecule has 1 atom stereocenters. The maximum absolute atomic E-state index is 12.1. The Bertz CT molecular complexity index is 1020. The zero-order valence-electron chi connectivity index (χ0n) is 17.1. The van der Waals surface area contributed by atoms with Crippen molar-refractivity contribution in [2.45, 2.75) is 19.4 Å². The van der Waals surface area contributed by atoms with Gasteiger partial charge in [-0.3, -0.25) is 9.78 Å². The van der Waals surface area contributed by atoms with Crippen molar-refractivity contribution in [3.63, 3.8) is 0 Å². The number of aryl methyl sites for hydroxylation is 1. The summed E-state index contributed by atoms with van der Waals surface area (Å²) in [5.41, 5.74) is 4.27. The summed E-state index contributed by atoms with van der Waals surface area (Å²) in [6.07, 6.45) is 2.52. The first-order chi connectivity index (χ1) is 14.6. The van der Waals surface area contributed by atoms with E-state index in [-0.39, 0.29) is 18.6 Å². The van der Waals surface area contributed by atoms with E-state index in [1.54, 1.807) is 31.4 Å². The minimum atomic E-state index is -0.185. The average Bonchev–Trinajstić information content (AvgIpc) is 3.19. The Hall–Kier alpha value is -3.54. The van der Waals surface area contributed by atoms with E-state index in [0.717, 1.165) is 40.3 Å². The van der Waals surface area contributed by atoms with Gasteiger partial charge in [-0.25, -0.2) is 0 Å². The summed E-state index contributed by atoms with van der Waals surface area (Å²) >= 11 is 0. The fourth-order valence-corrected chi connectivity index (χ4v) is 3.33. The third-order valence-electron chi connectivity index (χ3n) is 4.97. The smallest absolute Gasteiger partial charge is 0.258 e. The molecule has 0 radical (unpaired) electrons. The average molecular weight is 404 g/mol. The number of fused-ring (bicyclic) bond motifs is 1. The predicted octanol–water partition coefficient (Wildman–Crippen LogP) is 3.56. The molecule has 1 aromatic heterocycles. The van der Waals surface area contributed by atoms with Crippen LogP contribution in [0.5, 0.6) is 17.2 Å². The molecule has 6 nitrogen and oxygen atoms in total. The number of carbonyl (C=O) groups excluding carboxylic acids is 1. The van der Waals surface area contributed by atoms with Crippen molar-refractivity contribution in [2.75, 3.05) is 20.3 Å². The predicted molar refractivity (Wildman–Crippen MR) is 114 cm³/mol. The largest absolute Gasteiger partial charge is 0.497 e. The van der Waals surface area contributed by atoms with Gasteiger partial charge in [-0.15, -0.1) is 0 Å². The van der Waals surface area contributed by atoms with Crippen molar-refractivity contribution >= 4 is 5.91 Å². The first-order valence-corrected chi connectivity index (χ1v) is 9.87. The molecule has 0 fully saturated rings. The molecule has 4 rings (SSSR count). The second kappa shape index (κ2) is 8.86. The van der Waals surface area contributed by atoms with E-state index in [0.29, 0.717) is 12.3 Å². The van der Waals surface area contributed by atoms with Crippen LogP contribution in [0.3, 0.4) is 0 Å². The van der Waals surface area contributed by atoms with Crippen LogP contribution in [0.25, 0.3) is 11.3 Å². The van der Waals surface area contributed by atoms with E-state index in [2.05, 4.69) is 22.4 Å². The van der Waals surface area contributed by atoms with Crippen LogP contribution in [0.15, 0.2) is 60.8 Å². The van der Waals surface area contributed by atoms with Gasteiger partial charge in [0.05, 0.1) is 19.3 Å². The van der Waals surface area contributed by atoms with E-state index in [9.17, 15) is 4.79 Å². The van der Waals surface area contributed by atoms with Crippen molar-refractivity contribution < 1.29 is 19.0 Å². The van der Waals surface area contributed by atoms with Crippen LogP contribution in [0.4, 0.5) is 0 Å². The summed E-state index contributed by atoms with van der Waals surface area (Å²) in [5, 5.41) is 2.88. The Labute approximate surface area is 175 Å². The Morgan fingerprint density at radius 2 is 1.93 bits per heavy atom. The summed E-state index contributed by atoms with van der Waals surface area (Å²) in [6.45, 7) is 2.40. The molecule has 30 heavy (non-hydrogen) atoms. The molecule has 1 N–H and O–H groups in total. The number of hydrogen-bond acceptors (Lipinski definition) is 5. The highest BCUT2D eigenvalue weighted by molar-refractivity contribution is 5.77. The molecular weight excluding hydrogens is 380 g/mol. The molecule has 0 spiro atoms. The normalized spacial score (nSPS) is 14.5. The minimum absolute atomic E-state index is 0.0464. The molecule has 0 saturated carbocycles. The molecule has 1 aliphatic heterocycles. The Morgan fingerprint density at radius 3 is 2.67 bits per heavy atom. The molecule has 6 heteroatoms. The maximum Gasteiger partial charge on any atom is 0.258 e. The van der Waals surface area contributed by atoms with Crippen molar-refractivity contribution in [2.24, 2.45) is 0 Å². The van der Waals surface area contributed by atoms with E-state index >= 15 is 0 Å². The number of carbonyl (C=O) groups is 1. The van der Waals surface area contributed by atoms with Crippen molar-refractivity contribution in [1.82, 2.24) is 10.3 Å². The highest BCUT2D eigenvalue weighted by atomic mass is 16.5. The Balaban J connectivity index is 1.27. The standard InChI is InChI=1S/C24H24N2O4/c1-16-3-9-22(25-13-16)17-4-10-23-18(11-17)12-21(30-23)14-26-24(27)15-29-20-7-5-19(28-2)6-8-20/h3-11,13,21H,12,14-15H2,1-2H3,(H,26,27)/t21-/m0/s1. The van der Waals surface area contributed by atoms with Crippen LogP contribution in [-0.4, -0.2) is 37.3 Å². The van der Waals surface area contributed by atoms with Gasteiger partial charge in [0, 0.05) is 18.2 Å².